The lowest BCUT2D eigenvalue weighted by atomic mass is 10.1. The van der Waals surface area contributed by atoms with Crippen molar-refractivity contribution in [2.24, 2.45) is 7.05 Å². The third-order valence-corrected chi connectivity index (χ3v) is 6.00. The molecule has 0 unspecified atom stereocenters. The van der Waals surface area contributed by atoms with Gasteiger partial charge in [-0.1, -0.05) is 30.0 Å². The summed E-state index contributed by atoms with van der Waals surface area (Å²) < 4.78 is 2.50. The van der Waals surface area contributed by atoms with E-state index in [1.54, 1.807) is 16.7 Å². The lowest BCUT2D eigenvalue weighted by Crippen LogP contribution is -2.24. The number of carbonyl (C=O) groups is 2. The highest BCUT2D eigenvalue weighted by molar-refractivity contribution is 9.10. The molecule has 3 aromatic rings. The van der Waals surface area contributed by atoms with E-state index in [0.29, 0.717) is 16.5 Å². The van der Waals surface area contributed by atoms with Crippen LogP contribution in [0.3, 0.4) is 0 Å². The van der Waals surface area contributed by atoms with E-state index < -0.39 is 0 Å². The van der Waals surface area contributed by atoms with E-state index in [-0.39, 0.29) is 24.1 Å². The fourth-order valence-electron chi connectivity index (χ4n) is 2.90. The molecule has 0 spiro atoms. The number of thioether (sulfide) groups is 1. The second-order valence-electron chi connectivity index (χ2n) is 6.83. The van der Waals surface area contributed by atoms with Crippen molar-refractivity contribution in [3.8, 4) is 0 Å². The molecule has 0 saturated carbocycles. The Labute approximate surface area is 187 Å². The van der Waals surface area contributed by atoms with Crippen LogP contribution in [-0.2, 0) is 18.4 Å². The summed E-state index contributed by atoms with van der Waals surface area (Å²) in [5.41, 5.74) is 3.53. The monoisotopic (exact) mass is 487 g/mol. The predicted octanol–water partition coefficient (Wildman–Crippen LogP) is 3.86. The molecule has 3 rings (SSSR count). The first kappa shape index (κ1) is 22.0. The van der Waals surface area contributed by atoms with E-state index in [1.807, 2.05) is 45.2 Å². The van der Waals surface area contributed by atoms with Crippen LogP contribution in [0.15, 0.2) is 52.1 Å². The van der Waals surface area contributed by atoms with Gasteiger partial charge in [0.25, 0.3) is 5.91 Å². The zero-order valence-electron chi connectivity index (χ0n) is 16.9. The smallest absolute Gasteiger partial charge is 0.252 e. The Bertz CT molecular complexity index is 1060. The highest BCUT2D eigenvalue weighted by Crippen LogP contribution is 2.19. The maximum absolute atomic E-state index is 12.3. The van der Waals surface area contributed by atoms with E-state index in [9.17, 15) is 9.59 Å². The van der Waals surface area contributed by atoms with Crippen molar-refractivity contribution in [2.45, 2.75) is 25.5 Å². The largest absolute Gasteiger partial charge is 0.345 e. The molecule has 0 bridgehead atoms. The van der Waals surface area contributed by atoms with Gasteiger partial charge < -0.3 is 15.2 Å². The summed E-state index contributed by atoms with van der Waals surface area (Å²) in [6.45, 7) is 4.22. The molecular weight excluding hydrogens is 466 g/mol. The summed E-state index contributed by atoms with van der Waals surface area (Å²) in [5, 5.41) is 14.6. The second kappa shape index (κ2) is 9.90. The normalized spacial score (nSPS) is 10.7. The number of hydrogen-bond donors (Lipinski definition) is 2. The number of nitrogens with zero attached hydrogens (tertiary/aromatic N) is 3. The van der Waals surface area contributed by atoms with E-state index in [4.69, 9.17) is 0 Å². The lowest BCUT2D eigenvalue weighted by Gasteiger charge is -2.08. The van der Waals surface area contributed by atoms with Crippen LogP contribution in [0.5, 0.6) is 0 Å². The third-order valence-electron chi connectivity index (χ3n) is 4.29. The molecule has 2 N–H and O–H groups in total. The molecule has 1 aromatic heterocycles. The van der Waals surface area contributed by atoms with E-state index >= 15 is 0 Å². The van der Waals surface area contributed by atoms with Crippen LogP contribution in [0.25, 0.3) is 0 Å². The van der Waals surface area contributed by atoms with E-state index in [2.05, 4.69) is 42.8 Å². The molecule has 2 amide bonds. The van der Waals surface area contributed by atoms with Gasteiger partial charge in [-0.2, -0.15) is 0 Å². The van der Waals surface area contributed by atoms with Crippen LogP contribution in [-0.4, -0.2) is 32.3 Å². The molecule has 0 aliphatic rings. The predicted molar refractivity (Wildman–Crippen MR) is 122 cm³/mol. The quantitative estimate of drug-likeness (QED) is 0.494. The highest BCUT2D eigenvalue weighted by Gasteiger charge is 2.14. The number of aryl methyl sites for hydroxylation is 2. The molecule has 156 valence electrons. The topological polar surface area (TPSA) is 88.9 Å². The van der Waals surface area contributed by atoms with E-state index in [1.165, 1.54) is 11.8 Å². The molecule has 9 heteroatoms. The van der Waals surface area contributed by atoms with Crippen molar-refractivity contribution in [2.75, 3.05) is 11.1 Å². The number of nitrogens with one attached hydrogen (secondary N) is 2. The number of aromatic nitrogens is 3. The SMILES string of the molecule is Cc1cc(C)cc(NC(=O)CSc2nnc(CNC(=O)c3ccccc3Br)n2C)c1. The molecule has 2 aromatic carbocycles. The molecule has 1 heterocycles. The maximum atomic E-state index is 12.3. The summed E-state index contributed by atoms with van der Waals surface area (Å²) in [7, 11) is 1.81. The van der Waals surface area contributed by atoms with Crippen LogP contribution >= 0.6 is 27.7 Å². The van der Waals surface area contributed by atoms with Gasteiger partial charge in [-0.25, -0.2) is 0 Å². The Morgan fingerprint density at radius 1 is 1.10 bits per heavy atom. The minimum absolute atomic E-state index is 0.114. The highest BCUT2D eigenvalue weighted by atomic mass is 79.9. The Kier molecular flexibility index (Phi) is 7.28. The van der Waals surface area contributed by atoms with Crippen molar-refractivity contribution in [1.82, 2.24) is 20.1 Å². The molecule has 30 heavy (non-hydrogen) atoms. The summed E-state index contributed by atoms with van der Waals surface area (Å²) >= 11 is 4.67. The minimum Gasteiger partial charge on any atom is -0.345 e. The first-order valence-corrected chi connectivity index (χ1v) is 11.0. The summed E-state index contributed by atoms with van der Waals surface area (Å²) in [4.78, 5) is 24.6. The number of carbonyl (C=O) groups excluding carboxylic acids is 2. The minimum atomic E-state index is -0.201. The lowest BCUT2D eigenvalue weighted by molar-refractivity contribution is -0.113. The van der Waals surface area contributed by atoms with Gasteiger partial charge in [0.1, 0.15) is 0 Å². The fraction of sp³-hybridized carbons (Fsp3) is 0.238. The summed E-state index contributed by atoms with van der Waals surface area (Å²) in [6, 6.07) is 13.1. The molecule has 0 radical (unpaired) electrons. The average molecular weight is 488 g/mol. The second-order valence-corrected chi connectivity index (χ2v) is 8.63. The molecule has 0 fully saturated rings. The van der Waals surface area contributed by atoms with Gasteiger partial charge in [-0.15, -0.1) is 10.2 Å². The first-order chi connectivity index (χ1) is 14.3. The molecule has 7 nitrogen and oxygen atoms in total. The molecule has 0 aliphatic heterocycles. The Balaban J connectivity index is 1.54. The van der Waals surface area contributed by atoms with Gasteiger partial charge in [-0.05, 0) is 65.2 Å². The van der Waals surface area contributed by atoms with Gasteiger partial charge in [0.15, 0.2) is 11.0 Å². The average Bonchev–Trinajstić information content (AvgIpc) is 3.03. The van der Waals surface area contributed by atoms with Crippen LogP contribution in [0.4, 0.5) is 5.69 Å². The van der Waals surface area contributed by atoms with Gasteiger partial charge in [0.05, 0.1) is 17.9 Å². The van der Waals surface area contributed by atoms with Crippen LogP contribution in [0.1, 0.15) is 27.3 Å². The molecular formula is C21H22BrN5O2S. The van der Waals surface area contributed by atoms with Crippen molar-refractivity contribution >= 4 is 45.2 Å². The standard InChI is InChI=1S/C21H22BrN5O2S/c1-13-8-14(2)10-15(9-13)24-19(28)12-30-21-26-25-18(27(21)3)11-23-20(29)16-6-4-5-7-17(16)22/h4-10H,11-12H2,1-3H3,(H,23,29)(H,24,28). The Hall–Kier alpha value is -2.65. The molecule has 0 atom stereocenters. The molecule has 0 saturated heterocycles. The number of halogens is 1. The van der Waals surface area contributed by atoms with Crippen molar-refractivity contribution in [1.29, 1.82) is 0 Å². The van der Waals surface area contributed by atoms with Crippen molar-refractivity contribution in [3.05, 3.63) is 69.5 Å². The van der Waals surface area contributed by atoms with Gasteiger partial charge in [0, 0.05) is 17.2 Å². The van der Waals surface area contributed by atoms with E-state index in [0.717, 1.165) is 21.3 Å². The first-order valence-electron chi connectivity index (χ1n) is 9.25. The van der Waals surface area contributed by atoms with Crippen LogP contribution < -0.4 is 10.6 Å². The zero-order valence-corrected chi connectivity index (χ0v) is 19.3. The Morgan fingerprint density at radius 2 is 1.80 bits per heavy atom. The Morgan fingerprint density at radius 3 is 2.50 bits per heavy atom. The number of rotatable bonds is 7. The van der Waals surface area contributed by atoms with Gasteiger partial charge >= 0.3 is 0 Å². The summed E-state index contributed by atoms with van der Waals surface area (Å²) in [6.07, 6.45) is 0. The van der Waals surface area contributed by atoms with Crippen LogP contribution in [0, 0.1) is 13.8 Å². The van der Waals surface area contributed by atoms with Gasteiger partial charge in [0.2, 0.25) is 5.91 Å². The number of hydrogen-bond acceptors (Lipinski definition) is 5. The summed E-state index contributed by atoms with van der Waals surface area (Å²) in [5.74, 6) is 0.499. The van der Waals surface area contributed by atoms with Gasteiger partial charge in [-0.3, -0.25) is 9.59 Å². The number of amides is 2. The van der Waals surface area contributed by atoms with Crippen molar-refractivity contribution < 1.29 is 9.59 Å². The third kappa shape index (κ3) is 5.70. The maximum Gasteiger partial charge on any atom is 0.252 e. The number of anilines is 1. The fourth-order valence-corrected chi connectivity index (χ4v) is 4.09. The molecule has 0 aliphatic carbocycles. The zero-order chi connectivity index (χ0) is 21.7. The number of benzene rings is 2. The van der Waals surface area contributed by atoms with Crippen LogP contribution in [0.2, 0.25) is 0 Å². The van der Waals surface area contributed by atoms with Crippen molar-refractivity contribution in [3.63, 3.8) is 0 Å².